The summed E-state index contributed by atoms with van der Waals surface area (Å²) in [6.45, 7) is 3.18. The third-order valence-electron chi connectivity index (χ3n) is 4.92. The van der Waals surface area contributed by atoms with Gasteiger partial charge in [-0.25, -0.2) is 13.4 Å². The molecular weight excluding hydrogens is 389 g/mol. The first-order chi connectivity index (χ1) is 13.3. The summed E-state index contributed by atoms with van der Waals surface area (Å²) < 4.78 is 42.5. The number of aromatic hydroxyl groups is 1. The van der Waals surface area contributed by atoms with Gasteiger partial charge in [0.25, 0.3) is 5.91 Å². The largest absolute Gasteiger partial charge is 0.506 e. The van der Waals surface area contributed by atoms with Crippen LogP contribution in [-0.4, -0.2) is 60.3 Å². The zero-order valence-corrected chi connectivity index (χ0v) is 15.8. The average Bonchev–Trinajstić information content (AvgIpc) is 3.33. The van der Waals surface area contributed by atoms with E-state index in [0.717, 1.165) is 25.7 Å². The van der Waals surface area contributed by atoms with E-state index in [-0.39, 0.29) is 0 Å². The van der Waals surface area contributed by atoms with E-state index in [0.29, 0.717) is 22.0 Å². The number of nitrogens with one attached hydrogen (secondary N) is 1. The lowest BCUT2D eigenvalue weighted by Gasteiger charge is -2.17. The molecule has 2 saturated heterocycles. The Morgan fingerprint density at radius 3 is 2.57 bits per heavy atom. The van der Waals surface area contributed by atoms with E-state index in [4.69, 9.17) is 0 Å². The van der Waals surface area contributed by atoms with Gasteiger partial charge >= 0.3 is 10.2 Å². The number of anilines is 1. The molecule has 0 atom stereocenters. The number of rotatable bonds is 5. The van der Waals surface area contributed by atoms with E-state index >= 15 is 0 Å². The molecule has 2 N–H and O–H groups in total. The molecular formula is C17H20FN5O4S. The fourth-order valence-corrected chi connectivity index (χ4v) is 4.70. The minimum Gasteiger partial charge on any atom is -0.506 e. The zero-order valence-electron chi connectivity index (χ0n) is 15.0. The smallest absolute Gasteiger partial charge is 0.326 e. The maximum absolute atomic E-state index is 14.6. The van der Waals surface area contributed by atoms with Crippen molar-refractivity contribution in [1.82, 2.24) is 19.4 Å². The van der Waals surface area contributed by atoms with Crippen molar-refractivity contribution in [3.63, 3.8) is 0 Å². The second-order valence-corrected chi connectivity index (χ2v) is 8.50. The van der Waals surface area contributed by atoms with E-state index in [1.165, 1.54) is 18.9 Å². The number of carbonyl (C=O) groups excluding carboxylic acids is 1. The molecule has 1 aromatic heterocycles. The molecule has 1 amide bonds. The molecule has 2 aliphatic heterocycles. The number of amides is 1. The first-order valence-electron chi connectivity index (χ1n) is 8.94. The molecule has 2 aromatic rings. The molecule has 0 bridgehead atoms. The average molecular weight is 409 g/mol. The molecule has 0 spiro atoms. The number of likely N-dealkylation sites (tertiary alicyclic amines) is 1. The van der Waals surface area contributed by atoms with Crippen molar-refractivity contribution in [2.75, 3.05) is 30.5 Å². The maximum Gasteiger partial charge on any atom is 0.326 e. The minimum atomic E-state index is -4.21. The highest BCUT2D eigenvalue weighted by Gasteiger charge is 2.37. The Bertz CT molecular complexity index is 993. The maximum atomic E-state index is 14.6. The van der Waals surface area contributed by atoms with Crippen molar-refractivity contribution in [3.05, 3.63) is 30.3 Å². The van der Waals surface area contributed by atoms with Gasteiger partial charge in [-0.3, -0.25) is 9.48 Å². The lowest BCUT2D eigenvalue weighted by Crippen LogP contribution is -2.30. The highest BCUT2D eigenvalue weighted by Crippen LogP contribution is 2.37. The Kier molecular flexibility index (Phi) is 4.71. The number of nitrogens with zero attached hydrogens (tertiary/aromatic N) is 4. The van der Waals surface area contributed by atoms with Crippen molar-refractivity contribution in [2.24, 2.45) is 0 Å². The lowest BCUT2D eigenvalue weighted by molar-refractivity contribution is -0.117. The molecule has 150 valence electrons. The Morgan fingerprint density at radius 1 is 1.18 bits per heavy atom. The molecule has 0 unspecified atom stereocenters. The molecule has 2 fully saturated rings. The third-order valence-corrected chi connectivity index (χ3v) is 6.30. The second-order valence-electron chi connectivity index (χ2n) is 6.90. The lowest BCUT2D eigenvalue weighted by atomic mass is 10.1. The van der Waals surface area contributed by atoms with Crippen LogP contribution in [0.15, 0.2) is 24.5 Å². The van der Waals surface area contributed by atoms with Crippen molar-refractivity contribution in [3.8, 4) is 16.9 Å². The molecule has 4 rings (SSSR count). The van der Waals surface area contributed by atoms with Crippen molar-refractivity contribution >= 4 is 21.8 Å². The van der Waals surface area contributed by atoms with Gasteiger partial charge in [-0.15, -0.1) is 0 Å². The van der Waals surface area contributed by atoms with Gasteiger partial charge in [-0.1, -0.05) is 0 Å². The van der Waals surface area contributed by atoms with Crippen LogP contribution in [0.25, 0.3) is 11.1 Å². The molecule has 3 heterocycles. The van der Waals surface area contributed by atoms with Crippen LogP contribution in [0.1, 0.15) is 12.8 Å². The van der Waals surface area contributed by atoms with Crippen molar-refractivity contribution < 1.29 is 22.7 Å². The molecule has 0 aliphatic carbocycles. The van der Waals surface area contributed by atoms with E-state index < -0.39 is 39.9 Å². The van der Waals surface area contributed by atoms with Crippen LogP contribution in [0, 0.1) is 5.82 Å². The topological polar surface area (TPSA) is 108 Å². The minimum absolute atomic E-state index is 0.363. The summed E-state index contributed by atoms with van der Waals surface area (Å²) in [4.78, 5) is 13.7. The normalized spacial score (nSPS) is 19.3. The van der Waals surface area contributed by atoms with Crippen molar-refractivity contribution in [2.45, 2.75) is 19.4 Å². The Hall–Kier alpha value is -2.66. The number of hydrogen-bond donors (Lipinski definition) is 2. The molecule has 0 radical (unpaired) electrons. The predicted octanol–water partition coefficient (Wildman–Crippen LogP) is 0.672. The van der Waals surface area contributed by atoms with Gasteiger partial charge in [0.2, 0.25) is 0 Å². The number of phenols is 1. The molecule has 1 aromatic carbocycles. The van der Waals surface area contributed by atoms with Gasteiger partial charge in [-0.2, -0.15) is 13.5 Å². The number of aromatic nitrogens is 2. The molecule has 11 heteroatoms. The summed E-state index contributed by atoms with van der Waals surface area (Å²) in [6, 6.07) is 2.38. The molecule has 2 aliphatic rings. The van der Waals surface area contributed by atoms with Gasteiger partial charge in [0.05, 0.1) is 12.7 Å². The number of carbonyl (C=O) groups is 1. The van der Waals surface area contributed by atoms with Gasteiger partial charge < -0.3 is 10.0 Å². The summed E-state index contributed by atoms with van der Waals surface area (Å²) in [5, 5.41) is 14.5. The summed E-state index contributed by atoms with van der Waals surface area (Å²) in [5.41, 5.74) is 0.409. The Labute approximate surface area is 161 Å². The first kappa shape index (κ1) is 18.7. The van der Waals surface area contributed by atoms with Crippen LogP contribution in [0.3, 0.4) is 0 Å². The van der Waals surface area contributed by atoms with Gasteiger partial charge in [0.15, 0.2) is 5.82 Å². The van der Waals surface area contributed by atoms with Crippen LogP contribution >= 0.6 is 0 Å². The van der Waals surface area contributed by atoms with Gasteiger partial charge in [0, 0.05) is 18.3 Å². The van der Waals surface area contributed by atoms with E-state index in [1.807, 2.05) is 0 Å². The Morgan fingerprint density at radius 2 is 1.93 bits per heavy atom. The molecule has 9 nitrogen and oxygen atoms in total. The monoisotopic (exact) mass is 409 g/mol. The highest BCUT2D eigenvalue weighted by atomic mass is 32.2. The number of phenolic OH excluding ortho intramolecular Hbond substituents is 1. The number of halogens is 1. The van der Waals surface area contributed by atoms with Gasteiger partial charge in [0.1, 0.15) is 18.0 Å². The molecule has 0 saturated carbocycles. The van der Waals surface area contributed by atoms with Crippen LogP contribution in [0.5, 0.6) is 5.75 Å². The zero-order chi connectivity index (χ0) is 19.9. The first-order valence-corrected chi connectivity index (χ1v) is 10.4. The summed E-state index contributed by atoms with van der Waals surface area (Å²) in [5.74, 6) is -2.30. The number of hydrogen-bond acceptors (Lipinski definition) is 6. The third kappa shape index (κ3) is 3.54. The van der Waals surface area contributed by atoms with E-state index in [2.05, 4.69) is 10.00 Å². The number of benzene rings is 1. The summed E-state index contributed by atoms with van der Waals surface area (Å²) in [6.07, 6.45) is 5.74. The van der Waals surface area contributed by atoms with E-state index in [9.17, 15) is 22.7 Å². The SMILES string of the molecule is O=C1CN(c2c(O)cc(-c3cnn(CCN4CCCC4)c3)cc2F)S(=O)(=O)N1. The Balaban J connectivity index is 1.56. The quantitative estimate of drug-likeness (QED) is 0.752. The fraction of sp³-hybridized carbons (Fsp3) is 0.412. The summed E-state index contributed by atoms with van der Waals surface area (Å²) >= 11 is 0. The highest BCUT2D eigenvalue weighted by molar-refractivity contribution is 7.92. The van der Waals surface area contributed by atoms with E-state index in [1.54, 1.807) is 21.8 Å². The van der Waals surface area contributed by atoms with Gasteiger partial charge in [-0.05, 0) is 43.6 Å². The van der Waals surface area contributed by atoms with Crippen LogP contribution in [-0.2, 0) is 21.5 Å². The van der Waals surface area contributed by atoms with Crippen LogP contribution in [0.4, 0.5) is 10.1 Å². The predicted molar refractivity (Wildman–Crippen MR) is 99.4 cm³/mol. The fourth-order valence-electron chi connectivity index (χ4n) is 3.53. The molecule has 28 heavy (non-hydrogen) atoms. The van der Waals surface area contributed by atoms with Crippen molar-refractivity contribution in [1.29, 1.82) is 0 Å². The standard InChI is InChI=1S/C17H20FN5O4S/c18-14-7-12(8-15(24)17(14)23-11-16(25)20-28(23,26)27)13-9-19-22(10-13)6-5-21-3-1-2-4-21/h7-10,24H,1-6,11H2,(H,20,25). The van der Waals surface area contributed by atoms with Crippen LogP contribution < -0.4 is 9.03 Å². The van der Waals surface area contributed by atoms with Crippen LogP contribution in [0.2, 0.25) is 0 Å². The second kappa shape index (κ2) is 7.06. The summed E-state index contributed by atoms with van der Waals surface area (Å²) in [7, 11) is -4.21.